The Morgan fingerprint density at radius 3 is 2.04 bits per heavy atom. The number of aromatic nitrogens is 3. The Morgan fingerprint density at radius 2 is 1.13 bits per heavy atom. The molecular weight excluding hydrogens is 667 g/mol. The molecule has 0 saturated heterocycles. The van der Waals surface area contributed by atoms with Gasteiger partial charge in [-0.05, 0) is 63.7 Å². The number of hydrogen-bond acceptors (Lipinski definition) is 5. The topological polar surface area (TPSA) is 51.8 Å². The molecule has 0 atom stereocenters. The number of furan rings is 1. The molecule has 0 radical (unpaired) electrons. The quantitative estimate of drug-likeness (QED) is 0.184. The van der Waals surface area contributed by atoms with Gasteiger partial charge in [0.1, 0.15) is 11.2 Å². The van der Waals surface area contributed by atoms with E-state index in [4.69, 9.17) is 19.4 Å². The zero-order valence-corrected chi connectivity index (χ0v) is 29.9. The fourth-order valence-corrected chi connectivity index (χ4v) is 9.64. The Morgan fingerprint density at radius 1 is 0.472 bits per heavy atom. The van der Waals surface area contributed by atoms with Crippen LogP contribution in [0.1, 0.15) is 25.0 Å². The lowest BCUT2D eigenvalue weighted by molar-refractivity contribution is 0.660. The minimum atomic E-state index is -0.0748. The first kappa shape index (κ1) is 30.2. The van der Waals surface area contributed by atoms with E-state index < -0.39 is 0 Å². The number of fused-ring (bicyclic) bond motifs is 9. The van der Waals surface area contributed by atoms with Gasteiger partial charge in [-0.1, -0.05) is 135 Å². The van der Waals surface area contributed by atoms with Gasteiger partial charge in [0.05, 0.1) is 0 Å². The average molecular weight is 698 g/mol. The van der Waals surface area contributed by atoms with E-state index in [2.05, 4.69) is 135 Å². The molecule has 0 bridgehead atoms. The van der Waals surface area contributed by atoms with Gasteiger partial charge in [0, 0.05) is 53.1 Å². The number of rotatable bonds is 4. The standard InChI is InChI=1S/C48H31N3OS/c1-48(2)37-21-8-6-16-33(37)42-30(17-11-22-38(42)48)29-25-26-39-36(27-29)43-34(19-12-23-40(43)52-39)46-49-45(28-13-4-3-5-14-28)50-47(51-46)35-20-10-18-32-31-15-7-9-24-41(31)53-44(32)35/h3-27H,1-2H3. The molecule has 0 fully saturated rings. The van der Waals surface area contributed by atoms with E-state index in [-0.39, 0.29) is 5.41 Å². The van der Waals surface area contributed by atoms with E-state index in [0.717, 1.165) is 44.2 Å². The number of hydrogen-bond donors (Lipinski definition) is 0. The number of nitrogens with zero attached hydrogens (tertiary/aromatic N) is 3. The summed E-state index contributed by atoms with van der Waals surface area (Å²) in [4.78, 5) is 15.6. The van der Waals surface area contributed by atoms with Crippen LogP contribution in [-0.2, 0) is 5.41 Å². The molecule has 53 heavy (non-hydrogen) atoms. The summed E-state index contributed by atoms with van der Waals surface area (Å²) in [7, 11) is 0. The highest BCUT2D eigenvalue weighted by atomic mass is 32.1. The summed E-state index contributed by atoms with van der Waals surface area (Å²) < 4.78 is 8.95. The van der Waals surface area contributed by atoms with Crippen LogP contribution in [-0.4, -0.2) is 15.0 Å². The van der Waals surface area contributed by atoms with Gasteiger partial charge in [0.15, 0.2) is 17.5 Å². The molecule has 3 aromatic heterocycles. The highest BCUT2D eigenvalue weighted by Crippen LogP contribution is 2.52. The van der Waals surface area contributed by atoms with Gasteiger partial charge in [-0.3, -0.25) is 0 Å². The van der Waals surface area contributed by atoms with Crippen LogP contribution in [0, 0.1) is 0 Å². The van der Waals surface area contributed by atoms with Crippen molar-refractivity contribution in [2.75, 3.05) is 0 Å². The molecular formula is C48H31N3OS. The van der Waals surface area contributed by atoms with Gasteiger partial charge in [-0.2, -0.15) is 0 Å². The third-order valence-corrected chi connectivity index (χ3v) is 12.2. The summed E-state index contributed by atoms with van der Waals surface area (Å²) in [5.41, 5.74) is 12.1. The summed E-state index contributed by atoms with van der Waals surface area (Å²) in [6, 6.07) is 53.5. The molecule has 3 heterocycles. The lowest BCUT2D eigenvalue weighted by Crippen LogP contribution is -2.14. The van der Waals surface area contributed by atoms with Crippen molar-refractivity contribution in [1.29, 1.82) is 0 Å². The van der Waals surface area contributed by atoms with Crippen LogP contribution >= 0.6 is 11.3 Å². The molecule has 5 heteroatoms. The van der Waals surface area contributed by atoms with Crippen LogP contribution in [0.5, 0.6) is 0 Å². The SMILES string of the molecule is CC1(C)c2ccccc2-c2c(-c3ccc4oc5cccc(-c6nc(-c7ccccc7)nc(-c7cccc8c7sc7ccccc78)n6)c5c4c3)cccc21. The molecule has 0 N–H and O–H groups in total. The fraction of sp³-hybridized carbons (Fsp3) is 0.0625. The van der Waals surface area contributed by atoms with Gasteiger partial charge in [0.25, 0.3) is 0 Å². The predicted octanol–water partition coefficient (Wildman–Crippen LogP) is 13.1. The molecule has 0 amide bonds. The lowest BCUT2D eigenvalue weighted by atomic mass is 9.82. The van der Waals surface area contributed by atoms with Crippen molar-refractivity contribution in [1.82, 2.24) is 15.0 Å². The summed E-state index contributed by atoms with van der Waals surface area (Å²) in [6.07, 6.45) is 0. The van der Waals surface area contributed by atoms with Crippen molar-refractivity contribution in [3.05, 3.63) is 163 Å². The Hall–Kier alpha value is -6.43. The van der Waals surface area contributed by atoms with Gasteiger partial charge < -0.3 is 4.42 Å². The van der Waals surface area contributed by atoms with Gasteiger partial charge in [-0.25, -0.2) is 15.0 Å². The van der Waals surface area contributed by atoms with Crippen LogP contribution in [0.4, 0.5) is 0 Å². The molecule has 0 aliphatic heterocycles. The minimum absolute atomic E-state index is 0.0748. The van der Waals surface area contributed by atoms with Crippen LogP contribution in [0.25, 0.3) is 98.5 Å². The molecule has 7 aromatic carbocycles. The van der Waals surface area contributed by atoms with E-state index in [0.29, 0.717) is 17.5 Å². The van der Waals surface area contributed by atoms with Gasteiger partial charge >= 0.3 is 0 Å². The van der Waals surface area contributed by atoms with Crippen LogP contribution in [0.2, 0.25) is 0 Å². The van der Waals surface area contributed by atoms with Gasteiger partial charge in [-0.15, -0.1) is 11.3 Å². The normalized spacial score (nSPS) is 13.2. The maximum Gasteiger partial charge on any atom is 0.165 e. The van der Waals surface area contributed by atoms with Crippen LogP contribution < -0.4 is 0 Å². The second-order valence-corrected chi connectivity index (χ2v) is 15.4. The van der Waals surface area contributed by atoms with Crippen LogP contribution in [0.15, 0.2) is 156 Å². The summed E-state index contributed by atoms with van der Waals surface area (Å²) in [5, 5.41) is 4.48. The van der Waals surface area contributed by atoms with Crippen molar-refractivity contribution in [2.45, 2.75) is 19.3 Å². The minimum Gasteiger partial charge on any atom is -0.456 e. The maximum absolute atomic E-state index is 6.54. The molecule has 250 valence electrons. The Bertz CT molecular complexity index is 3100. The fourth-order valence-electron chi connectivity index (χ4n) is 8.43. The maximum atomic E-state index is 6.54. The Labute approximate surface area is 310 Å². The molecule has 1 aliphatic rings. The van der Waals surface area contributed by atoms with Crippen molar-refractivity contribution in [3.63, 3.8) is 0 Å². The van der Waals surface area contributed by atoms with Crippen LogP contribution in [0.3, 0.4) is 0 Å². The first-order valence-corrected chi connectivity index (χ1v) is 18.8. The molecule has 1 aliphatic carbocycles. The predicted molar refractivity (Wildman–Crippen MR) is 219 cm³/mol. The smallest absolute Gasteiger partial charge is 0.165 e. The van der Waals surface area contributed by atoms with E-state index in [1.54, 1.807) is 11.3 Å². The van der Waals surface area contributed by atoms with E-state index in [9.17, 15) is 0 Å². The third kappa shape index (κ3) is 4.51. The second-order valence-electron chi connectivity index (χ2n) is 14.3. The van der Waals surface area contributed by atoms with E-state index >= 15 is 0 Å². The summed E-state index contributed by atoms with van der Waals surface area (Å²) >= 11 is 1.78. The van der Waals surface area contributed by atoms with Crippen molar-refractivity contribution in [2.24, 2.45) is 0 Å². The lowest BCUT2D eigenvalue weighted by Gasteiger charge is -2.21. The Balaban J connectivity index is 1.15. The van der Waals surface area contributed by atoms with Crippen molar-refractivity contribution < 1.29 is 4.42 Å². The largest absolute Gasteiger partial charge is 0.456 e. The molecule has 11 rings (SSSR count). The van der Waals surface area contributed by atoms with Crippen molar-refractivity contribution >= 4 is 53.4 Å². The average Bonchev–Trinajstić information content (AvgIpc) is 3.85. The van der Waals surface area contributed by atoms with E-state index in [1.807, 2.05) is 30.3 Å². The highest BCUT2D eigenvalue weighted by Gasteiger charge is 2.36. The molecule has 0 spiro atoms. The second kappa shape index (κ2) is 11.3. The van der Waals surface area contributed by atoms with Gasteiger partial charge in [0.2, 0.25) is 0 Å². The first-order valence-electron chi connectivity index (χ1n) is 17.9. The zero-order chi connectivity index (χ0) is 35.3. The van der Waals surface area contributed by atoms with Crippen molar-refractivity contribution in [3.8, 4) is 56.4 Å². The molecule has 10 aromatic rings. The first-order chi connectivity index (χ1) is 26.0. The van der Waals surface area contributed by atoms with E-state index in [1.165, 1.54) is 48.0 Å². The number of benzene rings is 7. The third-order valence-electron chi connectivity index (χ3n) is 11.0. The zero-order valence-electron chi connectivity index (χ0n) is 29.1. The highest BCUT2D eigenvalue weighted by molar-refractivity contribution is 7.26. The summed E-state index contributed by atoms with van der Waals surface area (Å²) in [6.45, 7) is 4.66. The monoisotopic (exact) mass is 697 g/mol. The number of thiophene rings is 1. The molecule has 0 unspecified atom stereocenters. The molecule has 0 saturated carbocycles. The Kier molecular flexibility index (Phi) is 6.43. The molecule has 4 nitrogen and oxygen atoms in total. The summed E-state index contributed by atoms with van der Waals surface area (Å²) in [5.74, 6) is 1.90.